The molecule has 0 aliphatic carbocycles. The maximum atomic E-state index is 9.43. The fraction of sp³-hybridized carbons (Fsp3) is 0.250. The third-order valence-electron chi connectivity index (χ3n) is 2.90. The molecule has 0 saturated heterocycles. The van der Waals surface area contributed by atoms with Crippen LogP contribution in [-0.4, -0.2) is 12.2 Å². The second-order valence-electron chi connectivity index (χ2n) is 4.39. The molecule has 0 amide bonds. The molecule has 0 heterocycles. The first-order valence-corrected chi connectivity index (χ1v) is 6.23. The summed E-state index contributed by atoms with van der Waals surface area (Å²) in [5.74, 6) is 1.61. The molecule has 2 aromatic rings. The van der Waals surface area contributed by atoms with E-state index in [2.05, 4.69) is 0 Å². The molecule has 0 radical (unpaired) electrons. The molecule has 0 saturated carbocycles. The number of ether oxygens (including phenoxy) is 2. The number of hydrogen-bond donors (Lipinski definition) is 1. The van der Waals surface area contributed by atoms with E-state index in [1.807, 2.05) is 48.5 Å². The van der Waals surface area contributed by atoms with Gasteiger partial charge in [0.15, 0.2) is 0 Å². The normalized spacial score (nSPS) is 11.9. The largest absolute Gasteiger partial charge is 0.497 e. The highest BCUT2D eigenvalue weighted by atomic mass is 16.5. The summed E-state index contributed by atoms with van der Waals surface area (Å²) in [6, 6.07) is 15.2. The predicted molar refractivity (Wildman–Crippen MR) is 74.4 cm³/mol. The van der Waals surface area contributed by atoms with Crippen molar-refractivity contribution >= 4 is 0 Å². The van der Waals surface area contributed by atoms with Gasteiger partial charge in [0.05, 0.1) is 13.2 Å². The number of hydrogen-bond acceptors (Lipinski definition) is 3. The minimum Gasteiger partial charge on any atom is -0.497 e. The van der Waals surface area contributed by atoms with E-state index in [9.17, 15) is 5.11 Å². The predicted octanol–water partition coefficient (Wildman–Crippen LogP) is 3.33. The lowest BCUT2D eigenvalue weighted by molar-refractivity contribution is 0.199. The Kier molecular flexibility index (Phi) is 4.42. The van der Waals surface area contributed by atoms with Gasteiger partial charge in [0.25, 0.3) is 0 Å². The molecule has 0 fully saturated rings. The molecular formula is C16H18O3. The zero-order valence-electron chi connectivity index (χ0n) is 11.2. The maximum Gasteiger partial charge on any atom is 0.119 e. The summed E-state index contributed by atoms with van der Waals surface area (Å²) in [6.07, 6.45) is -0.451. The number of aliphatic hydroxyl groups is 1. The minimum absolute atomic E-state index is 0.451. The van der Waals surface area contributed by atoms with Crippen molar-refractivity contribution in [2.75, 3.05) is 7.11 Å². The highest BCUT2D eigenvalue weighted by Crippen LogP contribution is 2.19. The summed E-state index contributed by atoms with van der Waals surface area (Å²) < 4.78 is 10.9. The van der Waals surface area contributed by atoms with Crippen molar-refractivity contribution in [2.24, 2.45) is 0 Å². The van der Waals surface area contributed by atoms with E-state index < -0.39 is 6.10 Å². The van der Waals surface area contributed by atoms with E-state index in [-0.39, 0.29) is 0 Å². The van der Waals surface area contributed by atoms with Crippen LogP contribution in [0.1, 0.15) is 24.2 Å². The zero-order chi connectivity index (χ0) is 13.7. The molecule has 0 bridgehead atoms. The lowest BCUT2D eigenvalue weighted by atomic mass is 10.1. The Balaban J connectivity index is 1.98. The molecule has 0 spiro atoms. The van der Waals surface area contributed by atoms with Gasteiger partial charge in [-0.1, -0.05) is 24.3 Å². The summed E-state index contributed by atoms with van der Waals surface area (Å²) in [7, 11) is 1.65. The highest BCUT2D eigenvalue weighted by Gasteiger charge is 2.01. The molecule has 3 heteroatoms. The van der Waals surface area contributed by atoms with Gasteiger partial charge in [-0.2, -0.15) is 0 Å². The number of aliphatic hydroxyl groups excluding tert-OH is 1. The first-order valence-electron chi connectivity index (χ1n) is 6.23. The molecular weight excluding hydrogens is 240 g/mol. The Morgan fingerprint density at radius 3 is 2.42 bits per heavy atom. The van der Waals surface area contributed by atoms with Gasteiger partial charge >= 0.3 is 0 Å². The van der Waals surface area contributed by atoms with Crippen LogP contribution in [-0.2, 0) is 6.61 Å². The second-order valence-corrected chi connectivity index (χ2v) is 4.39. The lowest BCUT2D eigenvalue weighted by Gasteiger charge is -2.09. The SMILES string of the molecule is COc1cccc(COc2ccc([C@@H](C)O)cc2)c1. The van der Waals surface area contributed by atoms with Crippen LogP contribution in [0.4, 0.5) is 0 Å². The summed E-state index contributed by atoms with van der Waals surface area (Å²) >= 11 is 0. The summed E-state index contributed by atoms with van der Waals surface area (Å²) in [4.78, 5) is 0. The van der Waals surface area contributed by atoms with Crippen LogP contribution >= 0.6 is 0 Å². The van der Waals surface area contributed by atoms with Gasteiger partial charge in [0.1, 0.15) is 18.1 Å². The first-order chi connectivity index (χ1) is 9.19. The lowest BCUT2D eigenvalue weighted by Crippen LogP contribution is -1.97. The van der Waals surface area contributed by atoms with Gasteiger partial charge in [0, 0.05) is 0 Å². The molecule has 2 aromatic carbocycles. The summed E-state index contributed by atoms with van der Waals surface area (Å²) in [5, 5.41) is 9.43. The summed E-state index contributed by atoms with van der Waals surface area (Å²) in [6.45, 7) is 2.23. The molecule has 2 rings (SSSR count). The second kappa shape index (κ2) is 6.25. The smallest absolute Gasteiger partial charge is 0.119 e. The fourth-order valence-electron chi connectivity index (χ4n) is 1.77. The molecule has 0 aliphatic rings. The van der Waals surface area contributed by atoms with Crippen molar-refractivity contribution in [2.45, 2.75) is 19.6 Å². The van der Waals surface area contributed by atoms with Gasteiger partial charge in [-0.3, -0.25) is 0 Å². The topological polar surface area (TPSA) is 38.7 Å². The van der Waals surface area contributed by atoms with Gasteiger partial charge < -0.3 is 14.6 Å². The zero-order valence-corrected chi connectivity index (χ0v) is 11.2. The van der Waals surface area contributed by atoms with Crippen molar-refractivity contribution in [3.05, 3.63) is 59.7 Å². The molecule has 1 atom stereocenters. The van der Waals surface area contributed by atoms with Crippen LogP contribution in [0.3, 0.4) is 0 Å². The number of benzene rings is 2. The van der Waals surface area contributed by atoms with Crippen molar-refractivity contribution in [3.63, 3.8) is 0 Å². The molecule has 100 valence electrons. The Labute approximate surface area is 113 Å². The van der Waals surface area contributed by atoms with Crippen molar-refractivity contribution in [1.29, 1.82) is 0 Å². The first kappa shape index (κ1) is 13.4. The van der Waals surface area contributed by atoms with Gasteiger partial charge in [-0.25, -0.2) is 0 Å². The monoisotopic (exact) mass is 258 g/mol. The number of rotatable bonds is 5. The summed E-state index contributed by atoms with van der Waals surface area (Å²) in [5.41, 5.74) is 1.94. The van der Waals surface area contributed by atoms with E-state index in [0.717, 1.165) is 22.6 Å². The van der Waals surface area contributed by atoms with E-state index in [4.69, 9.17) is 9.47 Å². The van der Waals surface area contributed by atoms with Gasteiger partial charge in [0.2, 0.25) is 0 Å². The van der Waals surface area contributed by atoms with Crippen LogP contribution in [0.2, 0.25) is 0 Å². The van der Waals surface area contributed by atoms with Crippen LogP contribution in [0.15, 0.2) is 48.5 Å². The highest BCUT2D eigenvalue weighted by molar-refractivity contribution is 5.30. The minimum atomic E-state index is -0.451. The Morgan fingerprint density at radius 1 is 1.05 bits per heavy atom. The van der Waals surface area contributed by atoms with Crippen LogP contribution < -0.4 is 9.47 Å². The van der Waals surface area contributed by atoms with Gasteiger partial charge in [-0.15, -0.1) is 0 Å². The third kappa shape index (κ3) is 3.73. The van der Waals surface area contributed by atoms with Crippen molar-refractivity contribution in [1.82, 2.24) is 0 Å². The third-order valence-corrected chi connectivity index (χ3v) is 2.90. The Morgan fingerprint density at radius 2 is 1.79 bits per heavy atom. The molecule has 0 aliphatic heterocycles. The average molecular weight is 258 g/mol. The van der Waals surface area contributed by atoms with Crippen molar-refractivity contribution < 1.29 is 14.6 Å². The Hall–Kier alpha value is -2.00. The standard InChI is InChI=1S/C16H18O3/c1-12(17)14-6-8-15(9-7-14)19-11-13-4-3-5-16(10-13)18-2/h3-10,12,17H,11H2,1-2H3/t12-/m1/s1. The maximum absolute atomic E-state index is 9.43. The van der Waals surface area contributed by atoms with Crippen molar-refractivity contribution in [3.8, 4) is 11.5 Å². The molecule has 1 N–H and O–H groups in total. The molecule has 19 heavy (non-hydrogen) atoms. The van der Waals surface area contributed by atoms with Crippen LogP contribution in [0.5, 0.6) is 11.5 Å². The van der Waals surface area contributed by atoms with Crippen LogP contribution in [0, 0.1) is 0 Å². The average Bonchev–Trinajstić information content (AvgIpc) is 2.46. The van der Waals surface area contributed by atoms with E-state index in [1.165, 1.54) is 0 Å². The van der Waals surface area contributed by atoms with E-state index in [0.29, 0.717) is 6.61 Å². The Bertz CT molecular complexity index is 518. The molecule has 0 unspecified atom stereocenters. The van der Waals surface area contributed by atoms with Crippen LogP contribution in [0.25, 0.3) is 0 Å². The van der Waals surface area contributed by atoms with E-state index in [1.54, 1.807) is 14.0 Å². The fourth-order valence-corrected chi connectivity index (χ4v) is 1.77. The van der Waals surface area contributed by atoms with E-state index >= 15 is 0 Å². The quantitative estimate of drug-likeness (QED) is 0.894. The molecule has 0 aromatic heterocycles. The number of methoxy groups -OCH3 is 1. The van der Waals surface area contributed by atoms with Gasteiger partial charge in [-0.05, 0) is 42.3 Å². The molecule has 3 nitrogen and oxygen atoms in total.